The molecular formula is C25H33N3O3. The maximum absolute atomic E-state index is 10.0. The number of methoxy groups -OCH3 is 1. The molecule has 0 spiro atoms. The van der Waals surface area contributed by atoms with Crippen molar-refractivity contribution in [3.63, 3.8) is 0 Å². The van der Waals surface area contributed by atoms with Crippen molar-refractivity contribution in [1.29, 1.82) is 0 Å². The summed E-state index contributed by atoms with van der Waals surface area (Å²) in [5.41, 5.74) is 2.84. The number of aromatic nitrogens is 2. The first kappa shape index (κ1) is 22.8. The number of benzene rings is 2. The highest BCUT2D eigenvalue weighted by atomic mass is 16.5. The van der Waals surface area contributed by atoms with Crippen LogP contribution in [0, 0.1) is 12.8 Å². The highest BCUT2D eigenvalue weighted by molar-refractivity contribution is 5.44. The summed E-state index contributed by atoms with van der Waals surface area (Å²) < 4.78 is 13.6. The van der Waals surface area contributed by atoms with Crippen LogP contribution in [0.2, 0.25) is 0 Å². The van der Waals surface area contributed by atoms with Crippen LogP contribution in [0.1, 0.15) is 32.0 Å². The molecule has 0 saturated heterocycles. The minimum atomic E-state index is -0.411. The lowest BCUT2D eigenvalue weighted by atomic mass is 10.1. The Morgan fingerprint density at radius 1 is 1.00 bits per heavy atom. The standard InChI is InChI=1S/C25H33N3O3/c1-18(2)15-27(16-19(3)29)17-24-20(4)26-28(21-10-7-6-8-11-21)25(24)31-23-13-9-12-22(14-23)30-5/h6-14,18-19,29H,15-17H2,1-5H3/t19-/m0/s1. The van der Waals surface area contributed by atoms with Crippen LogP contribution in [0.3, 0.4) is 0 Å². The average molecular weight is 424 g/mol. The van der Waals surface area contributed by atoms with E-state index in [1.165, 1.54) is 0 Å². The quantitative estimate of drug-likeness (QED) is 0.507. The Balaban J connectivity index is 2.03. The van der Waals surface area contributed by atoms with Gasteiger partial charge in [0.05, 0.1) is 30.2 Å². The van der Waals surface area contributed by atoms with Crippen LogP contribution in [-0.4, -0.2) is 46.1 Å². The minimum Gasteiger partial charge on any atom is -0.497 e. The summed E-state index contributed by atoms with van der Waals surface area (Å²) in [5, 5.41) is 14.8. The molecule has 3 aromatic rings. The van der Waals surface area contributed by atoms with Gasteiger partial charge in [-0.2, -0.15) is 5.10 Å². The van der Waals surface area contributed by atoms with Crippen LogP contribution < -0.4 is 9.47 Å². The smallest absolute Gasteiger partial charge is 0.227 e. The number of hydrogen-bond donors (Lipinski definition) is 1. The first-order valence-electron chi connectivity index (χ1n) is 10.7. The van der Waals surface area contributed by atoms with Gasteiger partial charge in [0.25, 0.3) is 0 Å². The van der Waals surface area contributed by atoms with E-state index in [4.69, 9.17) is 14.6 Å². The van der Waals surface area contributed by atoms with Crippen LogP contribution in [0.5, 0.6) is 17.4 Å². The molecule has 0 unspecified atom stereocenters. The maximum atomic E-state index is 10.0. The second-order valence-electron chi connectivity index (χ2n) is 8.33. The van der Waals surface area contributed by atoms with E-state index in [0.29, 0.717) is 30.6 Å². The number of aliphatic hydroxyl groups is 1. The Labute approximate surface area is 185 Å². The second kappa shape index (κ2) is 10.5. The largest absolute Gasteiger partial charge is 0.497 e. The van der Waals surface area contributed by atoms with E-state index in [-0.39, 0.29) is 0 Å². The Morgan fingerprint density at radius 2 is 1.71 bits per heavy atom. The predicted molar refractivity (Wildman–Crippen MR) is 123 cm³/mol. The van der Waals surface area contributed by atoms with Crippen molar-refractivity contribution >= 4 is 0 Å². The molecule has 6 nitrogen and oxygen atoms in total. The van der Waals surface area contributed by atoms with Gasteiger partial charge in [0, 0.05) is 25.7 Å². The van der Waals surface area contributed by atoms with Gasteiger partial charge >= 0.3 is 0 Å². The number of aliphatic hydroxyl groups excluding tert-OH is 1. The summed E-state index contributed by atoms with van der Waals surface area (Å²) in [4.78, 5) is 2.26. The first-order valence-corrected chi connectivity index (χ1v) is 10.7. The van der Waals surface area contributed by atoms with E-state index in [1.807, 2.05) is 73.1 Å². The molecule has 3 rings (SSSR count). The van der Waals surface area contributed by atoms with Gasteiger partial charge in [0.15, 0.2) is 0 Å². The second-order valence-corrected chi connectivity index (χ2v) is 8.33. The predicted octanol–water partition coefficient (Wildman–Crippen LogP) is 4.82. The molecule has 1 aromatic heterocycles. The van der Waals surface area contributed by atoms with Crippen LogP contribution in [0.25, 0.3) is 5.69 Å². The number of rotatable bonds is 10. The summed E-state index contributed by atoms with van der Waals surface area (Å²) >= 11 is 0. The number of ether oxygens (including phenoxy) is 2. The summed E-state index contributed by atoms with van der Waals surface area (Å²) in [7, 11) is 1.64. The minimum absolute atomic E-state index is 0.411. The molecule has 0 fully saturated rings. The van der Waals surface area contributed by atoms with E-state index in [2.05, 4.69) is 18.7 Å². The molecular weight excluding hydrogens is 390 g/mol. The van der Waals surface area contributed by atoms with Crippen molar-refractivity contribution in [2.45, 2.75) is 40.3 Å². The third-order valence-electron chi connectivity index (χ3n) is 4.92. The number of hydrogen-bond acceptors (Lipinski definition) is 5. The molecule has 2 aromatic carbocycles. The molecule has 0 saturated carbocycles. The summed E-state index contributed by atoms with van der Waals surface area (Å²) in [6.07, 6.45) is -0.411. The van der Waals surface area contributed by atoms with E-state index in [0.717, 1.165) is 29.2 Å². The molecule has 1 atom stereocenters. The SMILES string of the molecule is COc1cccc(Oc2c(CN(CC(C)C)C[C@H](C)O)c(C)nn2-c2ccccc2)c1. The third-order valence-corrected chi connectivity index (χ3v) is 4.92. The fourth-order valence-electron chi connectivity index (χ4n) is 3.66. The van der Waals surface area contributed by atoms with E-state index in [1.54, 1.807) is 7.11 Å². The van der Waals surface area contributed by atoms with Crippen molar-refractivity contribution in [2.75, 3.05) is 20.2 Å². The fraction of sp³-hybridized carbons (Fsp3) is 0.400. The molecule has 31 heavy (non-hydrogen) atoms. The molecule has 0 aliphatic heterocycles. The molecule has 1 N–H and O–H groups in total. The van der Waals surface area contributed by atoms with Crippen LogP contribution in [0.4, 0.5) is 0 Å². The Morgan fingerprint density at radius 3 is 2.35 bits per heavy atom. The number of para-hydroxylation sites is 1. The third kappa shape index (κ3) is 6.09. The van der Waals surface area contributed by atoms with Gasteiger partial charge in [-0.15, -0.1) is 0 Å². The lowest BCUT2D eigenvalue weighted by molar-refractivity contribution is 0.114. The van der Waals surface area contributed by atoms with Crippen molar-refractivity contribution in [3.8, 4) is 23.1 Å². The highest BCUT2D eigenvalue weighted by Crippen LogP contribution is 2.33. The molecule has 0 aliphatic rings. The average Bonchev–Trinajstić information content (AvgIpc) is 3.03. The van der Waals surface area contributed by atoms with Crippen molar-refractivity contribution in [2.24, 2.45) is 5.92 Å². The lowest BCUT2D eigenvalue weighted by Crippen LogP contribution is -2.33. The Kier molecular flexibility index (Phi) is 7.71. The van der Waals surface area contributed by atoms with Gasteiger partial charge < -0.3 is 14.6 Å². The fourth-order valence-corrected chi connectivity index (χ4v) is 3.66. The van der Waals surface area contributed by atoms with E-state index in [9.17, 15) is 5.11 Å². The van der Waals surface area contributed by atoms with Gasteiger partial charge in [0.1, 0.15) is 11.5 Å². The molecule has 0 aliphatic carbocycles. The zero-order valence-electron chi connectivity index (χ0n) is 19.1. The zero-order chi connectivity index (χ0) is 22.4. The van der Waals surface area contributed by atoms with Gasteiger partial charge in [-0.1, -0.05) is 38.1 Å². The van der Waals surface area contributed by atoms with Crippen molar-refractivity contribution in [1.82, 2.24) is 14.7 Å². The van der Waals surface area contributed by atoms with Gasteiger partial charge in [-0.05, 0) is 44.0 Å². The molecule has 0 bridgehead atoms. The summed E-state index contributed by atoms with van der Waals surface area (Å²) in [6, 6.07) is 17.5. The molecule has 6 heteroatoms. The van der Waals surface area contributed by atoms with Crippen LogP contribution in [-0.2, 0) is 6.54 Å². The topological polar surface area (TPSA) is 59.8 Å². The highest BCUT2D eigenvalue weighted by Gasteiger charge is 2.22. The summed E-state index contributed by atoms with van der Waals surface area (Å²) in [5.74, 6) is 2.57. The van der Waals surface area contributed by atoms with Crippen molar-refractivity contribution in [3.05, 3.63) is 65.9 Å². The zero-order valence-corrected chi connectivity index (χ0v) is 19.1. The van der Waals surface area contributed by atoms with E-state index >= 15 is 0 Å². The van der Waals surface area contributed by atoms with E-state index < -0.39 is 6.10 Å². The van der Waals surface area contributed by atoms with Gasteiger partial charge in [-0.25, -0.2) is 4.68 Å². The monoisotopic (exact) mass is 423 g/mol. The van der Waals surface area contributed by atoms with Crippen LogP contribution >= 0.6 is 0 Å². The van der Waals surface area contributed by atoms with Crippen molar-refractivity contribution < 1.29 is 14.6 Å². The number of nitrogens with zero attached hydrogens (tertiary/aromatic N) is 3. The Hall–Kier alpha value is -2.83. The van der Waals surface area contributed by atoms with Gasteiger partial charge in [-0.3, -0.25) is 4.90 Å². The normalized spacial score (nSPS) is 12.4. The first-order chi connectivity index (χ1) is 14.9. The molecule has 0 amide bonds. The molecule has 166 valence electrons. The van der Waals surface area contributed by atoms with Crippen LogP contribution in [0.15, 0.2) is 54.6 Å². The Bertz CT molecular complexity index is 957. The molecule has 1 heterocycles. The molecule has 0 radical (unpaired) electrons. The maximum Gasteiger partial charge on any atom is 0.227 e. The summed E-state index contributed by atoms with van der Waals surface area (Å²) in [6.45, 7) is 10.3. The lowest BCUT2D eigenvalue weighted by Gasteiger charge is -2.26. The van der Waals surface area contributed by atoms with Gasteiger partial charge in [0.2, 0.25) is 5.88 Å². The number of aryl methyl sites for hydroxylation is 1.